The Morgan fingerprint density at radius 3 is 1.52 bits per heavy atom. The van der Waals surface area contributed by atoms with Crippen LogP contribution in [0.5, 0.6) is 0 Å². The number of esters is 2. The summed E-state index contributed by atoms with van der Waals surface area (Å²) in [5, 5.41) is 0. The van der Waals surface area contributed by atoms with Crippen molar-refractivity contribution in [3.05, 3.63) is 0 Å². The Bertz CT molecular complexity index is 713. The van der Waals surface area contributed by atoms with Gasteiger partial charge < -0.3 is 27.9 Å². The van der Waals surface area contributed by atoms with Crippen molar-refractivity contribution in [2.24, 2.45) is 0 Å². The number of nitrogens with zero attached hydrogens (tertiary/aromatic N) is 1. The van der Waals surface area contributed by atoms with E-state index in [4.69, 9.17) is 18.5 Å². The highest BCUT2D eigenvalue weighted by Crippen LogP contribution is 2.38. The fraction of sp³-hybridized carbons (Fsp3) is 0.938. The van der Waals surface area contributed by atoms with Gasteiger partial charge in [-0.25, -0.2) is 0 Å². The third kappa shape index (κ3) is 29.1. The number of ether oxygens (including phenoxy) is 2. The second kappa shape index (κ2) is 26.4. The number of likely N-dealkylation sites (N-methyl/N-ethyl adjacent to an activating group) is 1. The third-order valence-corrected chi connectivity index (χ3v) is 8.09. The molecule has 9 nitrogen and oxygen atoms in total. The van der Waals surface area contributed by atoms with Gasteiger partial charge in [-0.05, 0) is 12.8 Å². The standard InChI is InChI=1S/C32H64NO8P/c1-6-8-10-12-14-16-18-20-22-24-31(34)38-28-30(29-40-42(36,37)39-27-26-33(3,4)5)41-32(35)25-23-21-19-17-15-13-11-9-7-2/h30H,6-29H2,1-5H3. The first-order chi connectivity index (χ1) is 20.0. The second-order valence-corrected chi connectivity index (χ2v) is 14.0. The molecule has 0 aromatic carbocycles. The maximum atomic E-state index is 12.5. The molecule has 0 aliphatic carbocycles. The van der Waals surface area contributed by atoms with Gasteiger partial charge >= 0.3 is 11.9 Å². The molecule has 250 valence electrons. The lowest BCUT2D eigenvalue weighted by Crippen LogP contribution is -2.37. The van der Waals surface area contributed by atoms with Gasteiger partial charge in [-0.1, -0.05) is 117 Å². The SMILES string of the molecule is CCCCCCCCCCCC(=O)OCC(COP(=O)([O-])OCC[N+](C)(C)C)OC(=O)CCCCCCCCCCC. The summed E-state index contributed by atoms with van der Waals surface area (Å²) in [6.45, 7) is 4.16. The fourth-order valence-corrected chi connectivity index (χ4v) is 5.15. The van der Waals surface area contributed by atoms with Crippen LogP contribution in [0.2, 0.25) is 0 Å². The first-order valence-corrected chi connectivity index (χ1v) is 18.2. The normalized spacial score (nSPS) is 14.0. The van der Waals surface area contributed by atoms with E-state index >= 15 is 0 Å². The number of phosphoric acid groups is 1. The minimum atomic E-state index is -4.60. The van der Waals surface area contributed by atoms with Gasteiger partial charge in [0.25, 0.3) is 7.82 Å². The van der Waals surface area contributed by atoms with Crippen LogP contribution in [0.3, 0.4) is 0 Å². The molecule has 10 heteroatoms. The smallest absolute Gasteiger partial charge is 0.306 e. The van der Waals surface area contributed by atoms with Gasteiger partial charge in [0.05, 0.1) is 27.7 Å². The first kappa shape index (κ1) is 41.0. The molecule has 0 saturated carbocycles. The van der Waals surface area contributed by atoms with E-state index in [9.17, 15) is 19.0 Å². The van der Waals surface area contributed by atoms with E-state index in [1.54, 1.807) is 0 Å². The highest BCUT2D eigenvalue weighted by Gasteiger charge is 2.21. The summed E-state index contributed by atoms with van der Waals surface area (Å²) in [7, 11) is 1.17. The summed E-state index contributed by atoms with van der Waals surface area (Å²) in [5.41, 5.74) is 0. The Labute approximate surface area is 257 Å². The number of unbranched alkanes of at least 4 members (excludes halogenated alkanes) is 16. The van der Waals surface area contributed by atoms with Crippen molar-refractivity contribution in [3.8, 4) is 0 Å². The molecule has 0 aliphatic heterocycles. The maximum Gasteiger partial charge on any atom is 0.306 e. The molecule has 2 unspecified atom stereocenters. The lowest BCUT2D eigenvalue weighted by Gasteiger charge is -2.28. The van der Waals surface area contributed by atoms with Gasteiger partial charge in [0.15, 0.2) is 6.10 Å². The molecule has 0 saturated heterocycles. The average Bonchev–Trinajstić information content (AvgIpc) is 2.92. The van der Waals surface area contributed by atoms with Crippen LogP contribution in [0, 0.1) is 0 Å². The quantitative estimate of drug-likeness (QED) is 0.0351. The summed E-state index contributed by atoms with van der Waals surface area (Å²) in [4.78, 5) is 37.0. The number of carbonyl (C=O) groups excluding carboxylic acids is 2. The molecule has 0 aromatic rings. The number of carbonyl (C=O) groups is 2. The molecule has 0 amide bonds. The van der Waals surface area contributed by atoms with Gasteiger partial charge in [-0.2, -0.15) is 0 Å². The lowest BCUT2D eigenvalue weighted by molar-refractivity contribution is -0.870. The van der Waals surface area contributed by atoms with Crippen molar-refractivity contribution >= 4 is 19.8 Å². The van der Waals surface area contributed by atoms with E-state index < -0.39 is 26.5 Å². The summed E-state index contributed by atoms with van der Waals surface area (Å²) in [6.07, 6.45) is 20.0. The highest BCUT2D eigenvalue weighted by molar-refractivity contribution is 7.45. The van der Waals surface area contributed by atoms with Crippen LogP contribution in [-0.4, -0.2) is 70.0 Å². The lowest BCUT2D eigenvalue weighted by atomic mass is 10.1. The van der Waals surface area contributed by atoms with Crippen LogP contribution >= 0.6 is 7.82 Å². The van der Waals surface area contributed by atoms with Crippen LogP contribution < -0.4 is 4.89 Å². The van der Waals surface area contributed by atoms with Crippen molar-refractivity contribution in [1.82, 2.24) is 0 Å². The van der Waals surface area contributed by atoms with Crippen LogP contribution in [0.25, 0.3) is 0 Å². The summed E-state index contributed by atoms with van der Waals surface area (Å²) in [6, 6.07) is 0. The molecule has 0 fully saturated rings. The van der Waals surface area contributed by atoms with Gasteiger partial charge in [0, 0.05) is 12.8 Å². The van der Waals surface area contributed by atoms with E-state index in [1.165, 1.54) is 70.6 Å². The van der Waals surface area contributed by atoms with Crippen molar-refractivity contribution in [3.63, 3.8) is 0 Å². The van der Waals surface area contributed by atoms with Gasteiger partial charge in [-0.3, -0.25) is 14.2 Å². The minimum absolute atomic E-state index is 0.0267. The monoisotopic (exact) mass is 621 g/mol. The Balaban J connectivity index is 4.51. The van der Waals surface area contributed by atoms with E-state index in [1.807, 2.05) is 21.1 Å². The molecule has 0 spiro atoms. The number of quaternary nitrogens is 1. The fourth-order valence-electron chi connectivity index (χ4n) is 4.42. The molecule has 0 rings (SSSR count). The van der Waals surface area contributed by atoms with Crippen LogP contribution in [0.15, 0.2) is 0 Å². The topological polar surface area (TPSA) is 111 Å². The predicted octanol–water partition coefficient (Wildman–Crippen LogP) is 7.49. The summed E-state index contributed by atoms with van der Waals surface area (Å²) >= 11 is 0. The summed E-state index contributed by atoms with van der Waals surface area (Å²) < 4.78 is 33.5. The molecule has 0 heterocycles. The van der Waals surface area contributed by atoms with Gasteiger partial charge in [-0.15, -0.1) is 0 Å². The minimum Gasteiger partial charge on any atom is -0.756 e. The van der Waals surface area contributed by atoms with E-state index in [0.29, 0.717) is 17.4 Å². The predicted molar refractivity (Wildman–Crippen MR) is 167 cm³/mol. The Kier molecular flexibility index (Phi) is 25.8. The Hall–Kier alpha value is -0.990. The van der Waals surface area contributed by atoms with Crippen molar-refractivity contribution < 1.29 is 42.1 Å². The Morgan fingerprint density at radius 1 is 0.643 bits per heavy atom. The largest absolute Gasteiger partial charge is 0.756 e. The Morgan fingerprint density at radius 2 is 1.07 bits per heavy atom. The van der Waals surface area contributed by atoms with Crippen molar-refractivity contribution in [1.29, 1.82) is 0 Å². The van der Waals surface area contributed by atoms with E-state index in [-0.39, 0.29) is 32.0 Å². The van der Waals surface area contributed by atoms with E-state index in [0.717, 1.165) is 38.5 Å². The summed E-state index contributed by atoms with van der Waals surface area (Å²) in [5.74, 6) is -0.837. The van der Waals surface area contributed by atoms with Crippen LogP contribution in [0.4, 0.5) is 0 Å². The molecule has 0 aromatic heterocycles. The number of phosphoric ester groups is 1. The third-order valence-electron chi connectivity index (χ3n) is 7.13. The molecule has 0 radical (unpaired) electrons. The highest BCUT2D eigenvalue weighted by atomic mass is 31.2. The number of hydrogen-bond acceptors (Lipinski definition) is 8. The second-order valence-electron chi connectivity index (χ2n) is 12.5. The number of hydrogen-bond donors (Lipinski definition) is 0. The van der Waals surface area contributed by atoms with Gasteiger partial charge in [0.2, 0.25) is 0 Å². The molecule has 0 N–H and O–H groups in total. The molecule has 0 aliphatic rings. The zero-order valence-electron chi connectivity index (χ0n) is 27.7. The molecule has 0 bridgehead atoms. The number of rotatable bonds is 30. The van der Waals surface area contributed by atoms with Gasteiger partial charge in [0.1, 0.15) is 19.8 Å². The molecular weight excluding hydrogens is 557 g/mol. The molecular formula is C32H64NO8P. The van der Waals surface area contributed by atoms with Crippen LogP contribution in [-0.2, 0) is 32.7 Å². The van der Waals surface area contributed by atoms with Crippen molar-refractivity contribution in [2.45, 2.75) is 148 Å². The maximum absolute atomic E-state index is 12.5. The first-order valence-electron chi connectivity index (χ1n) is 16.7. The zero-order chi connectivity index (χ0) is 31.5. The van der Waals surface area contributed by atoms with Crippen LogP contribution in [0.1, 0.15) is 142 Å². The van der Waals surface area contributed by atoms with E-state index in [2.05, 4.69) is 13.8 Å². The average molecular weight is 622 g/mol. The van der Waals surface area contributed by atoms with Crippen molar-refractivity contribution in [2.75, 3.05) is 47.5 Å². The molecule has 2 atom stereocenters. The zero-order valence-corrected chi connectivity index (χ0v) is 28.6. The molecule has 42 heavy (non-hydrogen) atoms.